The van der Waals surface area contributed by atoms with E-state index >= 15 is 0 Å². The molecule has 1 aromatic rings. The first kappa shape index (κ1) is 16.7. The van der Waals surface area contributed by atoms with Gasteiger partial charge in [0.2, 0.25) is 5.91 Å². The van der Waals surface area contributed by atoms with Gasteiger partial charge in [-0.05, 0) is 55.9 Å². The summed E-state index contributed by atoms with van der Waals surface area (Å²) in [6, 6.07) is 9.07. The Morgan fingerprint density at radius 2 is 1.32 bits per heavy atom. The molecule has 1 amide bonds. The molecule has 25 heavy (non-hydrogen) atoms. The summed E-state index contributed by atoms with van der Waals surface area (Å²) < 4.78 is 0. The minimum absolute atomic E-state index is 0.332. The van der Waals surface area contributed by atoms with Crippen molar-refractivity contribution in [2.24, 2.45) is 11.8 Å². The van der Waals surface area contributed by atoms with Gasteiger partial charge in [0.1, 0.15) is 0 Å². The van der Waals surface area contributed by atoms with E-state index < -0.39 is 0 Å². The first-order valence-corrected chi connectivity index (χ1v) is 10.1. The van der Waals surface area contributed by atoms with Gasteiger partial charge in [-0.25, -0.2) is 0 Å². The lowest BCUT2D eigenvalue weighted by atomic mass is 9.84. The highest BCUT2D eigenvalue weighted by Crippen LogP contribution is 2.29. The lowest BCUT2D eigenvalue weighted by Gasteiger charge is -2.39. The Hall–Kier alpha value is -1.71. The van der Waals surface area contributed by atoms with Gasteiger partial charge in [0, 0.05) is 56.6 Å². The molecular formula is C21H31N3O. The van der Waals surface area contributed by atoms with E-state index in [1.54, 1.807) is 0 Å². The minimum Gasteiger partial charge on any atom is -0.372 e. The van der Waals surface area contributed by atoms with Crippen LogP contribution in [0.1, 0.15) is 39.0 Å². The average molecular weight is 341 g/mol. The molecule has 0 spiro atoms. The molecular weight excluding hydrogens is 310 g/mol. The van der Waals surface area contributed by atoms with Gasteiger partial charge in [0.05, 0.1) is 0 Å². The van der Waals surface area contributed by atoms with Crippen molar-refractivity contribution in [3.63, 3.8) is 0 Å². The predicted molar refractivity (Wildman–Crippen MR) is 103 cm³/mol. The molecule has 4 nitrogen and oxygen atoms in total. The highest BCUT2D eigenvalue weighted by molar-refractivity contribution is 5.80. The number of benzene rings is 1. The van der Waals surface area contributed by atoms with Crippen LogP contribution in [0.2, 0.25) is 0 Å². The third-order valence-corrected chi connectivity index (χ3v) is 6.41. The SMILES string of the molecule is CC1CCN(c2ccc(N3CCN(C(=O)C4CCC4)CC3)cc2)CC1. The number of piperazine rings is 1. The van der Waals surface area contributed by atoms with Crippen LogP contribution < -0.4 is 9.80 Å². The number of anilines is 2. The van der Waals surface area contributed by atoms with Crippen molar-refractivity contribution in [1.29, 1.82) is 0 Å². The van der Waals surface area contributed by atoms with Gasteiger partial charge < -0.3 is 14.7 Å². The van der Waals surface area contributed by atoms with Crippen LogP contribution in [0.25, 0.3) is 0 Å². The number of nitrogens with zero attached hydrogens (tertiary/aromatic N) is 3. The maximum atomic E-state index is 12.4. The number of carbonyl (C=O) groups excluding carboxylic acids is 1. The maximum absolute atomic E-state index is 12.4. The second-order valence-electron chi connectivity index (χ2n) is 8.13. The van der Waals surface area contributed by atoms with Gasteiger partial charge in [-0.15, -0.1) is 0 Å². The van der Waals surface area contributed by atoms with E-state index in [0.717, 1.165) is 44.9 Å². The van der Waals surface area contributed by atoms with Crippen LogP contribution in [0.5, 0.6) is 0 Å². The zero-order chi connectivity index (χ0) is 17.2. The molecule has 0 unspecified atom stereocenters. The minimum atomic E-state index is 0.332. The molecule has 1 aromatic carbocycles. The molecule has 1 aliphatic carbocycles. The first-order valence-electron chi connectivity index (χ1n) is 10.1. The van der Waals surface area contributed by atoms with Crippen LogP contribution in [0.4, 0.5) is 11.4 Å². The first-order chi connectivity index (χ1) is 12.2. The predicted octanol–water partition coefficient (Wildman–Crippen LogP) is 3.37. The summed E-state index contributed by atoms with van der Waals surface area (Å²) in [5.74, 6) is 1.60. The Balaban J connectivity index is 1.31. The Kier molecular flexibility index (Phi) is 4.87. The molecule has 3 fully saturated rings. The highest BCUT2D eigenvalue weighted by Gasteiger charge is 2.31. The Morgan fingerprint density at radius 3 is 1.80 bits per heavy atom. The van der Waals surface area contributed by atoms with Crippen molar-refractivity contribution in [3.05, 3.63) is 24.3 Å². The maximum Gasteiger partial charge on any atom is 0.225 e. The van der Waals surface area contributed by atoms with E-state index in [9.17, 15) is 4.79 Å². The normalized spacial score (nSPS) is 22.8. The van der Waals surface area contributed by atoms with Gasteiger partial charge in [-0.2, -0.15) is 0 Å². The number of piperidine rings is 1. The molecule has 3 aliphatic rings. The summed E-state index contributed by atoms with van der Waals surface area (Å²) in [6.45, 7) is 8.39. The lowest BCUT2D eigenvalue weighted by molar-refractivity contribution is -0.138. The molecule has 2 aliphatic heterocycles. The number of carbonyl (C=O) groups is 1. The molecule has 4 rings (SSSR count). The van der Waals surface area contributed by atoms with E-state index in [-0.39, 0.29) is 0 Å². The lowest BCUT2D eigenvalue weighted by Crippen LogP contribution is -2.51. The van der Waals surface area contributed by atoms with E-state index in [4.69, 9.17) is 0 Å². The van der Waals surface area contributed by atoms with Crippen LogP contribution in [-0.4, -0.2) is 50.1 Å². The second-order valence-corrected chi connectivity index (χ2v) is 8.13. The summed E-state index contributed by atoms with van der Waals surface area (Å²) in [7, 11) is 0. The van der Waals surface area contributed by atoms with Crippen LogP contribution >= 0.6 is 0 Å². The fourth-order valence-corrected chi connectivity index (χ4v) is 4.24. The molecule has 0 bridgehead atoms. The largest absolute Gasteiger partial charge is 0.372 e. The quantitative estimate of drug-likeness (QED) is 0.843. The molecule has 0 radical (unpaired) electrons. The summed E-state index contributed by atoms with van der Waals surface area (Å²) >= 11 is 0. The molecule has 0 N–H and O–H groups in total. The van der Waals surface area contributed by atoms with Gasteiger partial charge in [0.15, 0.2) is 0 Å². The standard InChI is InChI=1S/C21H31N3O/c1-17-9-11-22(12-10-17)19-5-7-20(8-6-19)23-13-15-24(16-14-23)21(25)18-3-2-4-18/h5-8,17-18H,2-4,9-16H2,1H3. The van der Waals surface area contributed by atoms with Crippen molar-refractivity contribution < 1.29 is 4.79 Å². The number of hydrogen-bond acceptors (Lipinski definition) is 3. The van der Waals surface area contributed by atoms with E-state index in [1.807, 2.05) is 0 Å². The van der Waals surface area contributed by atoms with Crippen molar-refractivity contribution in [2.75, 3.05) is 49.1 Å². The zero-order valence-electron chi connectivity index (χ0n) is 15.5. The molecule has 136 valence electrons. The third-order valence-electron chi connectivity index (χ3n) is 6.41. The van der Waals surface area contributed by atoms with Gasteiger partial charge >= 0.3 is 0 Å². The fourth-order valence-electron chi connectivity index (χ4n) is 4.24. The van der Waals surface area contributed by atoms with Crippen LogP contribution in [0, 0.1) is 11.8 Å². The van der Waals surface area contributed by atoms with Crippen LogP contribution in [0.3, 0.4) is 0 Å². The molecule has 0 atom stereocenters. The van der Waals surface area contributed by atoms with Crippen molar-refractivity contribution in [1.82, 2.24) is 4.90 Å². The van der Waals surface area contributed by atoms with Crippen molar-refractivity contribution >= 4 is 17.3 Å². The molecule has 4 heteroatoms. The van der Waals surface area contributed by atoms with Gasteiger partial charge in [-0.3, -0.25) is 4.79 Å². The Morgan fingerprint density at radius 1 is 0.800 bits per heavy atom. The van der Waals surface area contributed by atoms with Crippen molar-refractivity contribution in [3.8, 4) is 0 Å². The van der Waals surface area contributed by atoms with E-state index in [1.165, 1.54) is 43.7 Å². The van der Waals surface area contributed by atoms with Gasteiger partial charge in [0.25, 0.3) is 0 Å². The summed E-state index contributed by atoms with van der Waals surface area (Å²) in [4.78, 5) is 19.4. The average Bonchev–Trinajstić information content (AvgIpc) is 2.61. The monoisotopic (exact) mass is 341 g/mol. The summed E-state index contributed by atoms with van der Waals surface area (Å²) in [6.07, 6.45) is 6.06. The van der Waals surface area contributed by atoms with Crippen molar-refractivity contribution in [2.45, 2.75) is 39.0 Å². The van der Waals surface area contributed by atoms with E-state index in [0.29, 0.717) is 11.8 Å². The number of hydrogen-bond donors (Lipinski definition) is 0. The Bertz CT molecular complexity index is 580. The van der Waals surface area contributed by atoms with E-state index in [2.05, 4.69) is 45.9 Å². The number of amides is 1. The summed E-state index contributed by atoms with van der Waals surface area (Å²) in [5, 5.41) is 0. The topological polar surface area (TPSA) is 26.8 Å². The van der Waals surface area contributed by atoms with Gasteiger partial charge in [-0.1, -0.05) is 13.3 Å². The third kappa shape index (κ3) is 3.63. The molecule has 1 saturated carbocycles. The van der Waals surface area contributed by atoms with Crippen LogP contribution in [0.15, 0.2) is 24.3 Å². The highest BCUT2D eigenvalue weighted by atomic mass is 16.2. The molecule has 0 aromatic heterocycles. The zero-order valence-corrected chi connectivity index (χ0v) is 15.5. The summed E-state index contributed by atoms with van der Waals surface area (Å²) in [5.41, 5.74) is 2.65. The Labute approximate surface area is 151 Å². The molecule has 2 heterocycles. The molecule has 2 saturated heterocycles. The van der Waals surface area contributed by atoms with Crippen LogP contribution in [-0.2, 0) is 4.79 Å². The number of rotatable bonds is 3. The smallest absolute Gasteiger partial charge is 0.225 e. The fraction of sp³-hybridized carbons (Fsp3) is 0.667. The second kappa shape index (κ2) is 7.27.